The van der Waals surface area contributed by atoms with Crippen molar-refractivity contribution in [3.63, 3.8) is 0 Å². The van der Waals surface area contributed by atoms with Gasteiger partial charge in [-0.05, 0) is 30.5 Å². The predicted octanol–water partition coefficient (Wildman–Crippen LogP) is 3.73. The number of aliphatic hydroxyl groups is 1. The molecule has 0 aliphatic heterocycles. The van der Waals surface area contributed by atoms with Crippen LogP contribution in [0, 0.1) is 0 Å². The van der Waals surface area contributed by atoms with Crippen molar-refractivity contribution in [2.45, 2.75) is 37.8 Å². The van der Waals surface area contributed by atoms with E-state index in [-0.39, 0.29) is 5.56 Å². The Hall–Kier alpha value is -1.44. The van der Waals surface area contributed by atoms with Gasteiger partial charge in [-0.1, -0.05) is 6.07 Å². The molecule has 1 saturated carbocycles. The molecular formula is C13H13F6NO. The number of benzene rings is 1. The summed E-state index contributed by atoms with van der Waals surface area (Å²) in [6, 6.07) is 2.38. The third-order valence-electron chi connectivity index (χ3n) is 3.20. The molecule has 2 nitrogen and oxygen atoms in total. The van der Waals surface area contributed by atoms with Crippen molar-refractivity contribution in [1.29, 1.82) is 0 Å². The minimum atomic E-state index is -4.78. The number of anilines is 1. The third-order valence-corrected chi connectivity index (χ3v) is 3.20. The van der Waals surface area contributed by atoms with E-state index in [1.54, 1.807) is 0 Å². The Morgan fingerprint density at radius 2 is 1.71 bits per heavy atom. The van der Waals surface area contributed by atoms with Gasteiger partial charge >= 0.3 is 12.4 Å². The van der Waals surface area contributed by atoms with Crippen molar-refractivity contribution in [3.05, 3.63) is 29.3 Å². The average molecular weight is 313 g/mol. The van der Waals surface area contributed by atoms with E-state index in [9.17, 15) is 26.3 Å². The van der Waals surface area contributed by atoms with Gasteiger partial charge in [-0.25, -0.2) is 0 Å². The van der Waals surface area contributed by atoms with E-state index in [2.05, 4.69) is 0 Å². The van der Waals surface area contributed by atoms with E-state index in [0.717, 1.165) is 11.0 Å². The lowest BCUT2D eigenvalue weighted by Gasteiger charge is -2.29. The molecule has 1 aromatic carbocycles. The minimum Gasteiger partial charge on any atom is -0.392 e. The first-order valence-electron chi connectivity index (χ1n) is 6.26. The quantitative estimate of drug-likeness (QED) is 0.856. The zero-order valence-electron chi connectivity index (χ0n) is 10.8. The normalized spacial score (nSPS) is 16.1. The molecule has 0 aromatic heterocycles. The summed E-state index contributed by atoms with van der Waals surface area (Å²) >= 11 is 0. The van der Waals surface area contributed by atoms with Crippen molar-refractivity contribution >= 4 is 5.69 Å². The summed E-state index contributed by atoms with van der Waals surface area (Å²) in [5.41, 5.74) is -1.63. The van der Waals surface area contributed by atoms with Gasteiger partial charge in [-0.15, -0.1) is 0 Å². The van der Waals surface area contributed by atoms with Crippen molar-refractivity contribution in [3.8, 4) is 0 Å². The standard InChI is InChI=1S/C13H13F6NO/c14-12(15,16)7-20(9-2-3-9)11-4-1-8(6-21)5-10(11)13(17,18)19/h1,4-5,9,21H,2-3,6-7H2. The highest BCUT2D eigenvalue weighted by Gasteiger charge is 2.42. The third kappa shape index (κ3) is 4.03. The van der Waals surface area contributed by atoms with Crippen LogP contribution in [-0.2, 0) is 12.8 Å². The van der Waals surface area contributed by atoms with E-state index >= 15 is 0 Å². The highest BCUT2D eigenvalue weighted by atomic mass is 19.4. The van der Waals surface area contributed by atoms with Crippen LogP contribution in [0.25, 0.3) is 0 Å². The lowest BCUT2D eigenvalue weighted by molar-refractivity contribution is -0.138. The highest BCUT2D eigenvalue weighted by Crippen LogP contribution is 2.42. The Morgan fingerprint density at radius 1 is 1.10 bits per heavy atom. The Balaban J connectivity index is 2.44. The van der Waals surface area contributed by atoms with Gasteiger partial charge in [0.1, 0.15) is 6.54 Å². The molecule has 21 heavy (non-hydrogen) atoms. The van der Waals surface area contributed by atoms with E-state index in [1.807, 2.05) is 0 Å². The smallest absolute Gasteiger partial charge is 0.392 e. The molecule has 8 heteroatoms. The second kappa shape index (κ2) is 5.40. The highest BCUT2D eigenvalue weighted by molar-refractivity contribution is 5.58. The second-order valence-corrected chi connectivity index (χ2v) is 4.98. The van der Waals surface area contributed by atoms with Crippen LogP contribution >= 0.6 is 0 Å². The molecule has 0 bridgehead atoms. The molecule has 0 spiro atoms. The zero-order chi connectivity index (χ0) is 15.8. The van der Waals surface area contributed by atoms with Crippen LogP contribution in [0.3, 0.4) is 0 Å². The van der Waals surface area contributed by atoms with E-state index in [0.29, 0.717) is 18.9 Å². The number of hydrogen-bond acceptors (Lipinski definition) is 2. The molecule has 2 rings (SSSR count). The number of nitrogens with zero attached hydrogens (tertiary/aromatic N) is 1. The second-order valence-electron chi connectivity index (χ2n) is 4.98. The molecule has 1 aromatic rings. The van der Waals surface area contributed by atoms with E-state index < -0.39 is 42.8 Å². The SMILES string of the molecule is OCc1ccc(N(CC(F)(F)F)C2CC2)c(C(F)(F)F)c1. The first-order valence-corrected chi connectivity index (χ1v) is 6.26. The van der Waals surface area contributed by atoms with Gasteiger partial charge in [-0.3, -0.25) is 0 Å². The fraction of sp³-hybridized carbons (Fsp3) is 0.538. The fourth-order valence-electron chi connectivity index (χ4n) is 2.15. The molecule has 0 unspecified atom stereocenters. The summed E-state index contributed by atoms with van der Waals surface area (Å²) in [5.74, 6) is 0. The summed E-state index contributed by atoms with van der Waals surface area (Å²) in [4.78, 5) is 0.754. The molecular weight excluding hydrogens is 300 g/mol. The maximum atomic E-state index is 13.1. The van der Waals surface area contributed by atoms with Crippen molar-refractivity contribution < 1.29 is 31.4 Å². The van der Waals surface area contributed by atoms with Crippen LogP contribution in [0.2, 0.25) is 0 Å². The number of halogens is 6. The zero-order valence-corrected chi connectivity index (χ0v) is 10.8. The van der Waals surface area contributed by atoms with Gasteiger partial charge in [0, 0.05) is 11.7 Å². The van der Waals surface area contributed by atoms with Crippen molar-refractivity contribution in [2.75, 3.05) is 11.4 Å². The number of aliphatic hydroxyl groups excluding tert-OH is 1. The maximum Gasteiger partial charge on any atom is 0.418 e. The molecule has 1 aliphatic rings. The molecule has 1 fully saturated rings. The Morgan fingerprint density at radius 3 is 2.14 bits per heavy atom. The van der Waals surface area contributed by atoms with Gasteiger partial charge in [-0.2, -0.15) is 26.3 Å². The molecule has 1 aliphatic carbocycles. The van der Waals surface area contributed by atoms with Crippen LogP contribution in [0.15, 0.2) is 18.2 Å². The number of alkyl halides is 6. The summed E-state index contributed by atoms with van der Waals surface area (Å²) in [7, 11) is 0. The fourth-order valence-corrected chi connectivity index (χ4v) is 2.15. The molecule has 0 saturated heterocycles. The van der Waals surface area contributed by atoms with Gasteiger partial charge in [0.05, 0.1) is 12.2 Å². The van der Waals surface area contributed by atoms with Gasteiger partial charge < -0.3 is 10.0 Å². The molecule has 0 amide bonds. The minimum absolute atomic E-state index is 0.00818. The van der Waals surface area contributed by atoms with Gasteiger partial charge in [0.2, 0.25) is 0 Å². The van der Waals surface area contributed by atoms with Crippen molar-refractivity contribution in [1.82, 2.24) is 0 Å². The molecule has 118 valence electrons. The van der Waals surface area contributed by atoms with E-state index in [4.69, 9.17) is 5.11 Å². The van der Waals surface area contributed by atoms with Crippen LogP contribution in [0.1, 0.15) is 24.0 Å². The topological polar surface area (TPSA) is 23.5 Å². The van der Waals surface area contributed by atoms with Crippen LogP contribution < -0.4 is 4.90 Å². The lowest BCUT2D eigenvalue weighted by atomic mass is 10.1. The van der Waals surface area contributed by atoms with E-state index in [1.165, 1.54) is 6.07 Å². The van der Waals surface area contributed by atoms with Gasteiger partial charge in [0.25, 0.3) is 0 Å². The first kappa shape index (κ1) is 15.9. The molecule has 1 N–H and O–H groups in total. The Labute approximate surface area is 117 Å². The summed E-state index contributed by atoms with van der Waals surface area (Å²) in [5, 5.41) is 8.90. The lowest BCUT2D eigenvalue weighted by Crippen LogP contribution is -2.37. The Bertz CT molecular complexity index is 506. The van der Waals surface area contributed by atoms with Crippen molar-refractivity contribution in [2.24, 2.45) is 0 Å². The van der Waals surface area contributed by atoms with Crippen LogP contribution in [-0.4, -0.2) is 23.9 Å². The Kier molecular flexibility index (Phi) is 4.10. The molecule has 0 heterocycles. The first-order chi connectivity index (χ1) is 9.62. The summed E-state index contributed by atoms with van der Waals surface area (Å²) < 4.78 is 76.9. The monoisotopic (exact) mass is 313 g/mol. The largest absolute Gasteiger partial charge is 0.418 e. The summed E-state index contributed by atoms with van der Waals surface area (Å²) in [6.45, 7) is -2.02. The van der Waals surface area contributed by atoms with Gasteiger partial charge in [0.15, 0.2) is 0 Å². The number of hydrogen-bond donors (Lipinski definition) is 1. The summed E-state index contributed by atoms with van der Waals surface area (Å²) in [6.07, 6.45) is -8.48. The van der Waals surface area contributed by atoms with Crippen LogP contribution in [0.5, 0.6) is 0 Å². The maximum absolute atomic E-state index is 13.1. The van der Waals surface area contributed by atoms with Crippen LogP contribution in [0.4, 0.5) is 32.0 Å². The molecule has 0 atom stereocenters. The predicted molar refractivity (Wildman–Crippen MR) is 63.8 cm³/mol. The average Bonchev–Trinajstić information content (AvgIpc) is 3.17. The molecule has 0 radical (unpaired) electrons. The number of rotatable bonds is 4.